The second-order valence-electron chi connectivity index (χ2n) is 19.9. The van der Waals surface area contributed by atoms with E-state index in [2.05, 4.69) is 41.5 Å². The number of hydrogen-bond donors (Lipinski definition) is 0. The highest BCUT2D eigenvalue weighted by Gasteiger charge is 2.19. The maximum Gasteiger partial charge on any atom is 0.306 e. The third-order valence-corrected chi connectivity index (χ3v) is 12.1. The van der Waals surface area contributed by atoms with Crippen molar-refractivity contribution in [3.63, 3.8) is 0 Å². The monoisotopic (exact) mass is 849 g/mol. The molecule has 0 aliphatic rings. The summed E-state index contributed by atoms with van der Waals surface area (Å²) in [5, 5.41) is 0. The fourth-order valence-corrected chi connectivity index (χ4v) is 8.12. The molecule has 356 valence electrons. The molecule has 6 nitrogen and oxygen atoms in total. The Kier molecular flexibility index (Phi) is 44.2. The van der Waals surface area contributed by atoms with Gasteiger partial charge in [-0.15, -0.1) is 0 Å². The molecule has 0 N–H and O–H groups in total. The van der Waals surface area contributed by atoms with Crippen LogP contribution in [0.15, 0.2) is 0 Å². The zero-order chi connectivity index (χ0) is 44.2. The molecule has 0 radical (unpaired) electrons. The van der Waals surface area contributed by atoms with E-state index in [0.717, 1.165) is 75.5 Å². The van der Waals surface area contributed by atoms with Crippen LogP contribution in [-0.4, -0.2) is 37.2 Å². The summed E-state index contributed by atoms with van der Waals surface area (Å²) in [5.41, 5.74) is 0. The van der Waals surface area contributed by atoms with Crippen LogP contribution in [-0.2, 0) is 28.6 Å². The smallest absolute Gasteiger partial charge is 0.306 e. The van der Waals surface area contributed by atoms with Gasteiger partial charge in [-0.2, -0.15) is 0 Å². The van der Waals surface area contributed by atoms with E-state index in [4.69, 9.17) is 14.2 Å². The van der Waals surface area contributed by atoms with E-state index in [1.807, 2.05) is 0 Å². The summed E-state index contributed by atoms with van der Waals surface area (Å²) in [5.74, 6) is 1.58. The van der Waals surface area contributed by atoms with Gasteiger partial charge < -0.3 is 14.2 Å². The minimum Gasteiger partial charge on any atom is -0.462 e. The molecule has 0 saturated carbocycles. The van der Waals surface area contributed by atoms with Crippen molar-refractivity contribution in [1.82, 2.24) is 0 Å². The first-order valence-electron chi connectivity index (χ1n) is 26.6. The normalized spacial score (nSPS) is 12.2. The number of ether oxygens (including phenoxy) is 3. The highest BCUT2D eigenvalue weighted by atomic mass is 16.6. The lowest BCUT2D eigenvalue weighted by Crippen LogP contribution is -2.30. The first-order valence-corrected chi connectivity index (χ1v) is 26.6. The molecule has 6 heteroatoms. The first kappa shape index (κ1) is 58.4. The molecule has 60 heavy (non-hydrogen) atoms. The molecule has 0 amide bonds. The van der Waals surface area contributed by atoms with E-state index in [-0.39, 0.29) is 31.1 Å². The fraction of sp³-hybridized carbons (Fsp3) is 0.944. The van der Waals surface area contributed by atoms with Crippen molar-refractivity contribution in [2.24, 2.45) is 17.8 Å². The molecule has 1 atom stereocenters. The lowest BCUT2D eigenvalue weighted by atomic mass is 10.0. The van der Waals surface area contributed by atoms with Crippen LogP contribution >= 0.6 is 0 Å². The Morgan fingerprint density at radius 3 is 0.717 bits per heavy atom. The van der Waals surface area contributed by atoms with Gasteiger partial charge in [-0.05, 0) is 37.0 Å². The Bertz CT molecular complexity index is 929. The number of esters is 3. The van der Waals surface area contributed by atoms with Gasteiger partial charge in [0.1, 0.15) is 13.2 Å². The largest absolute Gasteiger partial charge is 0.462 e. The van der Waals surface area contributed by atoms with Crippen LogP contribution in [0.4, 0.5) is 0 Å². The maximum absolute atomic E-state index is 12.7. The molecule has 0 saturated heterocycles. The number of rotatable bonds is 47. The number of hydrogen-bond acceptors (Lipinski definition) is 6. The third-order valence-electron chi connectivity index (χ3n) is 12.1. The lowest BCUT2D eigenvalue weighted by molar-refractivity contribution is -0.167. The van der Waals surface area contributed by atoms with Gasteiger partial charge in [0.25, 0.3) is 0 Å². The third kappa shape index (κ3) is 47.5. The van der Waals surface area contributed by atoms with Crippen LogP contribution in [0, 0.1) is 17.8 Å². The summed E-state index contributed by atoms with van der Waals surface area (Å²) < 4.78 is 16.8. The maximum atomic E-state index is 12.7. The molecule has 0 aromatic rings. The average molecular weight is 849 g/mol. The highest BCUT2D eigenvalue weighted by molar-refractivity contribution is 5.71. The van der Waals surface area contributed by atoms with Crippen molar-refractivity contribution in [3.05, 3.63) is 0 Å². The zero-order valence-corrected chi connectivity index (χ0v) is 41.3. The molecule has 0 unspecified atom stereocenters. The summed E-state index contributed by atoms with van der Waals surface area (Å²) in [4.78, 5) is 37.9. The Hall–Kier alpha value is -1.59. The van der Waals surface area contributed by atoms with Crippen molar-refractivity contribution in [2.45, 2.75) is 298 Å². The van der Waals surface area contributed by atoms with Crippen LogP contribution in [0.25, 0.3) is 0 Å². The molecule has 0 aliphatic heterocycles. The van der Waals surface area contributed by atoms with Crippen molar-refractivity contribution >= 4 is 17.9 Å². The molecule has 0 aliphatic carbocycles. The van der Waals surface area contributed by atoms with Gasteiger partial charge >= 0.3 is 17.9 Å². The minimum atomic E-state index is -0.763. The van der Waals surface area contributed by atoms with Crippen LogP contribution in [0.5, 0.6) is 0 Å². The standard InChI is InChI=1S/C54H104O6/c1-48(2)40-34-28-22-18-14-11-9-7-8-10-12-16-20-24-31-37-43-52(55)58-46-51(60-54(57)45-39-33-27-26-30-36-42-50(5)6)47-59-53(56)44-38-32-25-21-17-13-15-19-23-29-35-41-49(3)4/h48-51H,7-47H2,1-6H3/t51-/m0/s1. The van der Waals surface area contributed by atoms with Gasteiger partial charge in [-0.1, -0.05) is 253 Å². The van der Waals surface area contributed by atoms with E-state index >= 15 is 0 Å². The predicted molar refractivity (Wildman–Crippen MR) is 256 cm³/mol. The molecule has 0 rings (SSSR count). The summed E-state index contributed by atoms with van der Waals surface area (Å²) in [7, 11) is 0. The number of unbranched alkanes of at least 4 members (excludes halogenated alkanes) is 30. The topological polar surface area (TPSA) is 78.9 Å². The number of carbonyl (C=O) groups is 3. The molecule has 0 aromatic heterocycles. The summed E-state index contributed by atoms with van der Waals surface area (Å²) in [6.07, 6.45) is 45.4. The molecule has 0 spiro atoms. The van der Waals surface area contributed by atoms with Crippen molar-refractivity contribution in [2.75, 3.05) is 13.2 Å². The lowest BCUT2D eigenvalue weighted by Gasteiger charge is -2.18. The molecule has 0 aromatic carbocycles. The Morgan fingerprint density at radius 2 is 0.483 bits per heavy atom. The summed E-state index contributed by atoms with van der Waals surface area (Å²) in [6, 6.07) is 0. The summed E-state index contributed by atoms with van der Waals surface area (Å²) in [6.45, 7) is 13.7. The van der Waals surface area contributed by atoms with E-state index in [1.54, 1.807) is 0 Å². The van der Waals surface area contributed by atoms with Gasteiger partial charge in [0.2, 0.25) is 0 Å². The van der Waals surface area contributed by atoms with Crippen LogP contribution < -0.4 is 0 Å². The zero-order valence-electron chi connectivity index (χ0n) is 41.3. The Labute approximate surface area is 374 Å². The Morgan fingerprint density at radius 1 is 0.283 bits per heavy atom. The van der Waals surface area contributed by atoms with Crippen molar-refractivity contribution < 1.29 is 28.6 Å². The fourth-order valence-electron chi connectivity index (χ4n) is 8.12. The summed E-state index contributed by atoms with van der Waals surface area (Å²) >= 11 is 0. The van der Waals surface area contributed by atoms with Gasteiger partial charge in [0.15, 0.2) is 6.10 Å². The Balaban J connectivity index is 4.21. The quantitative estimate of drug-likeness (QED) is 0.0345. The first-order chi connectivity index (χ1) is 29.1. The second kappa shape index (κ2) is 45.4. The molecule has 0 fully saturated rings. The minimum absolute atomic E-state index is 0.0654. The highest BCUT2D eigenvalue weighted by Crippen LogP contribution is 2.18. The SMILES string of the molecule is CC(C)CCCCCCCCCCCCCCCCCCC(=O)OC[C@@H](COC(=O)CCCCCCCCCCCCCC(C)C)OC(=O)CCCCCCCCC(C)C. The van der Waals surface area contributed by atoms with E-state index in [1.165, 1.54) is 173 Å². The van der Waals surface area contributed by atoms with Gasteiger partial charge in [0, 0.05) is 19.3 Å². The molecular weight excluding hydrogens is 745 g/mol. The van der Waals surface area contributed by atoms with Crippen molar-refractivity contribution in [3.8, 4) is 0 Å². The molecule has 0 bridgehead atoms. The van der Waals surface area contributed by atoms with E-state index in [0.29, 0.717) is 19.3 Å². The van der Waals surface area contributed by atoms with E-state index in [9.17, 15) is 14.4 Å². The van der Waals surface area contributed by atoms with Gasteiger partial charge in [-0.3, -0.25) is 14.4 Å². The van der Waals surface area contributed by atoms with Crippen LogP contribution in [0.1, 0.15) is 292 Å². The predicted octanol–water partition coefficient (Wildman–Crippen LogP) is 17.2. The molecule has 0 heterocycles. The second-order valence-corrected chi connectivity index (χ2v) is 19.9. The van der Waals surface area contributed by atoms with Gasteiger partial charge in [-0.25, -0.2) is 0 Å². The van der Waals surface area contributed by atoms with Crippen LogP contribution in [0.2, 0.25) is 0 Å². The number of carbonyl (C=O) groups excluding carboxylic acids is 3. The molecular formula is C54H104O6. The average Bonchev–Trinajstić information content (AvgIpc) is 3.20. The van der Waals surface area contributed by atoms with Crippen molar-refractivity contribution in [1.29, 1.82) is 0 Å². The van der Waals surface area contributed by atoms with E-state index < -0.39 is 6.10 Å². The van der Waals surface area contributed by atoms with Gasteiger partial charge in [0.05, 0.1) is 0 Å². The van der Waals surface area contributed by atoms with Crippen LogP contribution in [0.3, 0.4) is 0 Å².